The molecule has 1 saturated heterocycles. The predicted molar refractivity (Wildman–Crippen MR) is 112 cm³/mol. The van der Waals surface area contributed by atoms with E-state index in [9.17, 15) is 4.79 Å². The summed E-state index contributed by atoms with van der Waals surface area (Å²) in [5.74, 6) is 0. The monoisotopic (exact) mass is 405 g/mol. The summed E-state index contributed by atoms with van der Waals surface area (Å²) in [6, 6.07) is 9.78. The van der Waals surface area contributed by atoms with Gasteiger partial charge in [0, 0.05) is 11.1 Å². The minimum atomic E-state index is -0.789. The van der Waals surface area contributed by atoms with E-state index < -0.39 is 18.5 Å². The lowest BCUT2D eigenvalue weighted by molar-refractivity contribution is -0.311. The van der Waals surface area contributed by atoms with Crippen molar-refractivity contribution in [3.8, 4) is 0 Å². The summed E-state index contributed by atoms with van der Waals surface area (Å²) in [5, 5.41) is 2.08. The highest BCUT2D eigenvalue weighted by Gasteiger charge is 2.44. The van der Waals surface area contributed by atoms with Gasteiger partial charge in [0.2, 0.25) is 6.29 Å². The first-order chi connectivity index (χ1) is 13.7. The average molecular weight is 406 g/mol. The van der Waals surface area contributed by atoms with Crippen LogP contribution in [0.3, 0.4) is 0 Å². The molecule has 0 saturated carbocycles. The van der Waals surface area contributed by atoms with E-state index in [1.165, 1.54) is 0 Å². The maximum atomic E-state index is 12.1. The van der Waals surface area contributed by atoms with Gasteiger partial charge in [-0.15, -0.1) is 6.58 Å². The molecule has 1 heterocycles. The number of rotatable bonds is 9. The normalized spacial score (nSPS) is 20.4. The molecule has 2 atom stereocenters. The molecule has 0 radical (unpaired) electrons. The van der Waals surface area contributed by atoms with Gasteiger partial charge < -0.3 is 14.2 Å². The molecule has 1 aromatic rings. The Hall–Kier alpha value is -1.89. The Labute approximate surface area is 174 Å². The van der Waals surface area contributed by atoms with Crippen LogP contribution in [0.1, 0.15) is 65.5 Å². The summed E-state index contributed by atoms with van der Waals surface area (Å²) >= 11 is 0. The van der Waals surface area contributed by atoms with Gasteiger partial charge in [0.05, 0.1) is 6.61 Å². The van der Waals surface area contributed by atoms with Crippen LogP contribution in [0.25, 0.3) is 0 Å². The van der Waals surface area contributed by atoms with Gasteiger partial charge in [-0.1, -0.05) is 36.4 Å². The van der Waals surface area contributed by atoms with E-state index >= 15 is 0 Å². The van der Waals surface area contributed by atoms with Crippen molar-refractivity contribution < 1.29 is 23.8 Å². The maximum Gasteiger partial charge on any atom is 0.510 e. The molecular formula is C23H35NO5. The molecule has 2 rings (SSSR count). The van der Waals surface area contributed by atoms with Crippen LogP contribution < -0.4 is 0 Å². The fraction of sp³-hybridized carbons (Fsp3) is 0.609. The van der Waals surface area contributed by atoms with E-state index in [4.69, 9.17) is 19.0 Å². The van der Waals surface area contributed by atoms with Gasteiger partial charge >= 0.3 is 6.16 Å². The third-order valence-corrected chi connectivity index (χ3v) is 5.14. The molecule has 2 unspecified atom stereocenters. The van der Waals surface area contributed by atoms with Gasteiger partial charge in [-0.05, 0) is 59.4 Å². The molecule has 0 spiro atoms. The summed E-state index contributed by atoms with van der Waals surface area (Å²) in [7, 11) is 0. The molecule has 162 valence electrons. The van der Waals surface area contributed by atoms with E-state index in [0.29, 0.717) is 6.61 Å². The van der Waals surface area contributed by atoms with E-state index in [1.807, 2.05) is 30.3 Å². The van der Waals surface area contributed by atoms with Gasteiger partial charge in [0.25, 0.3) is 0 Å². The molecular weight excluding hydrogens is 370 g/mol. The first kappa shape index (κ1) is 23.4. The van der Waals surface area contributed by atoms with Crippen LogP contribution in [-0.4, -0.2) is 41.8 Å². The molecule has 1 aliphatic rings. The number of hydrogen-bond acceptors (Lipinski definition) is 6. The van der Waals surface area contributed by atoms with Crippen molar-refractivity contribution in [2.45, 2.75) is 77.4 Å². The smallest absolute Gasteiger partial charge is 0.431 e. The van der Waals surface area contributed by atoms with Crippen LogP contribution >= 0.6 is 0 Å². The molecule has 0 aromatic heterocycles. The minimum Gasteiger partial charge on any atom is -0.431 e. The second-order valence-corrected chi connectivity index (χ2v) is 8.65. The second kappa shape index (κ2) is 10.2. The topological polar surface area (TPSA) is 57.2 Å². The number of benzene rings is 1. The summed E-state index contributed by atoms with van der Waals surface area (Å²) in [6.45, 7) is 14.3. The highest BCUT2D eigenvalue weighted by Crippen LogP contribution is 2.40. The number of ether oxygens (including phenoxy) is 3. The molecule has 0 N–H and O–H groups in total. The van der Waals surface area contributed by atoms with E-state index in [1.54, 1.807) is 13.0 Å². The quantitative estimate of drug-likeness (QED) is 0.311. The Bertz CT molecular complexity index is 642. The van der Waals surface area contributed by atoms with Crippen molar-refractivity contribution in [3.63, 3.8) is 0 Å². The lowest BCUT2D eigenvalue weighted by atomic mass is 9.82. The summed E-state index contributed by atoms with van der Waals surface area (Å²) in [6.07, 6.45) is 2.89. The van der Waals surface area contributed by atoms with Crippen molar-refractivity contribution >= 4 is 6.16 Å². The Morgan fingerprint density at radius 2 is 1.79 bits per heavy atom. The Morgan fingerprint density at radius 1 is 1.17 bits per heavy atom. The molecule has 29 heavy (non-hydrogen) atoms. The van der Waals surface area contributed by atoms with Crippen molar-refractivity contribution in [3.05, 3.63) is 48.6 Å². The van der Waals surface area contributed by atoms with Gasteiger partial charge in [0.15, 0.2) is 0 Å². The molecule has 1 fully saturated rings. The van der Waals surface area contributed by atoms with Crippen LogP contribution in [-0.2, 0) is 19.0 Å². The zero-order valence-corrected chi connectivity index (χ0v) is 18.3. The molecule has 0 aliphatic carbocycles. The summed E-state index contributed by atoms with van der Waals surface area (Å²) in [4.78, 5) is 18.6. The second-order valence-electron chi connectivity index (χ2n) is 8.65. The Kier molecular flexibility index (Phi) is 8.25. The maximum absolute atomic E-state index is 12.1. The summed E-state index contributed by atoms with van der Waals surface area (Å²) in [5.41, 5.74) is 0.693. The van der Waals surface area contributed by atoms with Crippen molar-refractivity contribution in [2.75, 3.05) is 13.2 Å². The van der Waals surface area contributed by atoms with Crippen LogP contribution in [0.5, 0.6) is 0 Å². The predicted octanol–water partition coefficient (Wildman–Crippen LogP) is 5.40. The fourth-order valence-electron chi connectivity index (χ4n) is 3.79. The Morgan fingerprint density at radius 3 is 2.38 bits per heavy atom. The van der Waals surface area contributed by atoms with Gasteiger partial charge in [0.1, 0.15) is 12.7 Å². The van der Waals surface area contributed by atoms with Crippen molar-refractivity contribution in [1.82, 2.24) is 5.06 Å². The zero-order valence-electron chi connectivity index (χ0n) is 18.3. The number of carbonyl (C=O) groups excluding carboxylic acids is 1. The van der Waals surface area contributed by atoms with Crippen molar-refractivity contribution in [2.24, 2.45) is 0 Å². The van der Waals surface area contributed by atoms with E-state index in [-0.39, 0.29) is 17.7 Å². The molecule has 0 amide bonds. The van der Waals surface area contributed by atoms with E-state index in [2.05, 4.69) is 39.3 Å². The first-order valence-corrected chi connectivity index (χ1v) is 10.2. The molecule has 1 aliphatic heterocycles. The van der Waals surface area contributed by atoms with E-state index in [0.717, 1.165) is 24.8 Å². The number of piperidine rings is 1. The van der Waals surface area contributed by atoms with Gasteiger partial charge in [-0.2, -0.15) is 5.06 Å². The number of hydroxylamine groups is 2. The third-order valence-electron chi connectivity index (χ3n) is 5.14. The van der Waals surface area contributed by atoms with Crippen LogP contribution in [0.15, 0.2) is 43.0 Å². The van der Waals surface area contributed by atoms with Gasteiger partial charge in [-0.3, -0.25) is 4.84 Å². The zero-order chi connectivity index (χ0) is 21.5. The van der Waals surface area contributed by atoms with Crippen LogP contribution in [0, 0.1) is 0 Å². The minimum absolute atomic E-state index is 0.0414. The molecule has 6 heteroatoms. The standard InChI is InChI=1S/C23H35NO5/c1-7-16-26-18(2)28-21(25)27-17-20(19-12-9-8-10-13-19)29-24-22(3,4)14-11-15-23(24,5)6/h7-10,12-13,18,20H,1,11,14-17H2,2-6H3. The highest BCUT2D eigenvalue weighted by molar-refractivity contribution is 5.60. The van der Waals surface area contributed by atoms with Crippen LogP contribution in [0.4, 0.5) is 4.79 Å². The average Bonchev–Trinajstić information content (AvgIpc) is 2.65. The SMILES string of the molecule is C=CCOC(C)OC(=O)OCC(ON1C(C)(C)CCCC1(C)C)c1ccccc1. The van der Waals surface area contributed by atoms with Gasteiger partial charge in [-0.25, -0.2) is 4.79 Å². The Balaban J connectivity index is 2.08. The van der Waals surface area contributed by atoms with Crippen LogP contribution in [0.2, 0.25) is 0 Å². The third kappa shape index (κ3) is 6.84. The highest BCUT2D eigenvalue weighted by atomic mass is 16.8. The first-order valence-electron chi connectivity index (χ1n) is 10.2. The molecule has 0 bridgehead atoms. The molecule has 1 aromatic carbocycles. The number of hydrogen-bond donors (Lipinski definition) is 0. The van der Waals surface area contributed by atoms with Crippen molar-refractivity contribution in [1.29, 1.82) is 0 Å². The lowest BCUT2D eigenvalue weighted by Gasteiger charge is -2.52. The molecule has 6 nitrogen and oxygen atoms in total. The summed E-state index contributed by atoms with van der Waals surface area (Å²) < 4.78 is 15.7. The number of carbonyl (C=O) groups is 1. The largest absolute Gasteiger partial charge is 0.510 e. The fourth-order valence-corrected chi connectivity index (χ4v) is 3.79. The number of nitrogens with zero attached hydrogens (tertiary/aromatic N) is 1. The lowest BCUT2D eigenvalue weighted by Crippen LogP contribution is -2.58.